The molecule has 0 atom stereocenters. The van der Waals surface area contributed by atoms with Gasteiger partial charge < -0.3 is 5.32 Å². The number of halogens is 3. The van der Waals surface area contributed by atoms with Gasteiger partial charge in [-0.15, -0.1) is 0 Å². The van der Waals surface area contributed by atoms with Crippen molar-refractivity contribution in [1.29, 1.82) is 0 Å². The fourth-order valence-corrected chi connectivity index (χ4v) is 2.84. The van der Waals surface area contributed by atoms with Gasteiger partial charge in [0.1, 0.15) is 5.82 Å². The van der Waals surface area contributed by atoms with Crippen LogP contribution in [-0.4, -0.2) is 30.5 Å². The van der Waals surface area contributed by atoms with Crippen molar-refractivity contribution in [2.75, 3.05) is 5.32 Å². The molecule has 0 radical (unpaired) electrons. The molecule has 3 aromatic rings. The molecule has 0 aliphatic carbocycles. The number of nitro groups is 2. The largest absolute Gasteiger partial charge is 0.417 e. The number of pyridine rings is 1. The summed E-state index contributed by atoms with van der Waals surface area (Å²) in [6, 6.07) is 4.86. The molecule has 1 amide bonds. The number of aryl methyl sites for hydroxylation is 1. The number of carbonyl (C=O) groups excluding carboxylic acids is 1. The highest BCUT2D eigenvalue weighted by Crippen LogP contribution is 2.30. The highest BCUT2D eigenvalue weighted by atomic mass is 19.4. The number of alkyl halides is 3. The molecule has 32 heavy (non-hydrogen) atoms. The molecule has 2 aromatic heterocycles. The Morgan fingerprint density at radius 2 is 1.78 bits per heavy atom. The van der Waals surface area contributed by atoms with Crippen molar-refractivity contribution in [2.45, 2.75) is 20.0 Å². The normalized spacial score (nSPS) is 11.3. The summed E-state index contributed by atoms with van der Waals surface area (Å²) in [6.45, 7) is 2.82. The van der Waals surface area contributed by atoms with Crippen LogP contribution < -0.4 is 5.32 Å². The summed E-state index contributed by atoms with van der Waals surface area (Å²) in [4.78, 5) is 37.1. The number of hydrogen-bond donors (Lipinski definition) is 1. The van der Waals surface area contributed by atoms with Crippen LogP contribution in [0.2, 0.25) is 0 Å². The smallest absolute Gasteiger partial charge is 0.306 e. The first kappa shape index (κ1) is 22.3. The number of non-ortho nitro benzene ring substituents is 1. The third kappa shape index (κ3) is 4.38. The van der Waals surface area contributed by atoms with E-state index < -0.39 is 38.9 Å². The van der Waals surface area contributed by atoms with Crippen molar-refractivity contribution < 1.29 is 27.8 Å². The Hall–Kier alpha value is -4.36. The molecule has 1 N–H and O–H groups in total. The summed E-state index contributed by atoms with van der Waals surface area (Å²) in [7, 11) is 0. The Bertz CT molecular complexity index is 1240. The van der Waals surface area contributed by atoms with Gasteiger partial charge in [-0.3, -0.25) is 25.0 Å². The van der Waals surface area contributed by atoms with E-state index in [-0.39, 0.29) is 22.8 Å². The van der Waals surface area contributed by atoms with Crippen LogP contribution in [0.3, 0.4) is 0 Å². The molecule has 14 heteroatoms. The van der Waals surface area contributed by atoms with Gasteiger partial charge in [-0.05, 0) is 26.0 Å². The molecular formula is C18H13F3N6O5. The molecule has 2 heterocycles. The quantitative estimate of drug-likeness (QED) is 0.457. The molecule has 0 bridgehead atoms. The second-order valence-electron chi connectivity index (χ2n) is 6.59. The topological polar surface area (TPSA) is 146 Å². The van der Waals surface area contributed by atoms with E-state index in [1.165, 1.54) is 13.0 Å². The maximum absolute atomic E-state index is 12.8. The van der Waals surface area contributed by atoms with Crippen LogP contribution in [0.1, 0.15) is 27.2 Å². The molecule has 3 rings (SSSR count). The lowest BCUT2D eigenvalue weighted by Crippen LogP contribution is -2.17. The fourth-order valence-electron chi connectivity index (χ4n) is 2.84. The zero-order valence-electron chi connectivity index (χ0n) is 16.4. The first-order valence-corrected chi connectivity index (χ1v) is 8.73. The van der Waals surface area contributed by atoms with Crippen molar-refractivity contribution in [3.8, 4) is 5.82 Å². The summed E-state index contributed by atoms with van der Waals surface area (Å²) >= 11 is 0. The molecule has 0 saturated heterocycles. The average Bonchev–Trinajstić information content (AvgIpc) is 3.07. The number of benzene rings is 1. The molecule has 11 nitrogen and oxygen atoms in total. The van der Waals surface area contributed by atoms with Crippen LogP contribution >= 0.6 is 0 Å². The first-order valence-electron chi connectivity index (χ1n) is 8.73. The minimum Gasteiger partial charge on any atom is -0.306 e. The van der Waals surface area contributed by atoms with Gasteiger partial charge in [0.25, 0.3) is 17.3 Å². The number of carbonyl (C=O) groups is 1. The van der Waals surface area contributed by atoms with E-state index in [0.29, 0.717) is 11.9 Å². The number of amides is 1. The van der Waals surface area contributed by atoms with Gasteiger partial charge in [0.2, 0.25) is 0 Å². The summed E-state index contributed by atoms with van der Waals surface area (Å²) < 4.78 is 39.4. The molecular weight excluding hydrogens is 437 g/mol. The molecule has 0 fully saturated rings. The maximum Gasteiger partial charge on any atom is 0.417 e. The highest BCUT2D eigenvalue weighted by Gasteiger charge is 2.31. The Morgan fingerprint density at radius 3 is 2.31 bits per heavy atom. The SMILES string of the molecule is Cc1cc(NC(=O)c2cc([N+](=O)[O-])cc([N+](=O)[O-])c2C)n(-c2ccc(C(F)(F)F)cn2)n1. The summed E-state index contributed by atoms with van der Waals surface area (Å²) in [5, 5.41) is 28.8. The number of anilines is 1. The van der Waals surface area contributed by atoms with E-state index in [9.17, 15) is 38.2 Å². The van der Waals surface area contributed by atoms with Crippen LogP contribution in [0.5, 0.6) is 0 Å². The van der Waals surface area contributed by atoms with E-state index in [1.807, 2.05) is 0 Å². The van der Waals surface area contributed by atoms with Gasteiger partial charge in [-0.1, -0.05) is 0 Å². The minimum atomic E-state index is -4.59. The zero-order chi connectivity index (χ0) is 23.8. The van der Waals surface area contributed by atoms with Crippen LogP contribution in [0.4, 0.5) is 30.4 Å². The van der Waals surface area contributed by atoms with E-state index in [1.54, 1.807) is 6.92 Å². The predicted octanol–water partition coefficient (Wildman–Crippen LogP) is 3.97. The Kier molecular flexibility index (Phi) is 5.62. The summed E-state index contributed by atoms with van der Waals surface area (Å²) in [5.74, 6) is -0.959. The van der Waals surface area contributed by atoms with E-state index >= 15 is 0 Å². The Labute approximate surface area is 176 Å². The van der Waals surface area contributed by atoms with Crippen LogP contribution in [0.25, 0.3) is 5.82 Å². The second kappa shape index (κ2) is 8.05. The molecule has 0 aliphatic rings. The van der Waals surface area contributed by atoms with Crippen LogP contribution in [0, 0.1) is 34.1 Å². The Balaban J connectivity index is 2.00. The zero-order valence-corrected chi connectivity index (χ0v) is 16.4. The number of nitro benzene ring substituents is 2. The average molecular weight is 450 g/mol. The maximum atomic E-state index is 12.8. The standard InChI is InChI=1S/C18H13F3N6O5/c1-9-5-16(25(24-9)15-4-3-11(8-22-15)18(19,20)21)23-17(28)13-6-12(26(29)30)7-14(10(13)2)27(31)32/h3-8H,1-2H3,(H,23,28). The highest BCUT2D eigenvalue weighted by molar-refractivity contribution is 6.06. The number of nitrogens with zero attached hydrogens (tertiary/aromatic N) is 5. The number of rotatable bonds is 5. The third-order valence-electron chi connectivity index (χ3n) is 4.38. The number of hydrogen-bond acceptors (Lipinski definition) is 7. The minimum absolute atomic E-state index is 0.00619. The van der Waals surface area contributed by atoms with Crippen molar-refractivity contribution in [3.05, 3.63) is 79.1 Å². The van der Waals surface area contributed by atoms with Gasteiger partial charge in [-0.25, -0.2) is 4.98 Å². The van der Waals surface area contributed by atoms with Crippen LogP contribution in [-0.2, 0) is 6.18 Å². The molecule has 1 aromatic carbocycles. The van der Waals surface area contributed by atoms with Crippen molar-refractivity contribution in [2.24, 2.45) is 0 Å². The van der Waals surface area contributed by atoms with Gasteiger partial charge in [0.15, 0.2) is 5.82 Å². The lowest BCUT2D eigenvalue weighted by Gasteiger charge is -2.11. The monoisotopic (exact) mass is 450 g/mol. The van der Waals surface area contributed by atoms with Gasteiger partial charge >= 0.3 is 6.18 Å². The number of nitrogens with one attached hydrogen (secondary N) is 1. The van der Waals surface area contributed by atoms with E-state index in [2.05, 4.69) is 15.4 Å². The van der Waals surface area contributed by atoms with Crippen molar-refractivity contribution >= 4 is 23.1 Å². The molecule has 0 saturated carbocycles. The second-order valence-corrected chi connectivity index (χ2v) is 6.59. The van der Waals surface area contributed by atoms with E-state index in [0.717, 1.165) is 28.9 Å². The van der Waals surface area contributed by atoms with Crippen LogP contribution in [0.15, 0.2) is 36.5 Å². The summed E-state index contributed by atoms with van der Waals surface area (Å²) in [6.07, 6.45) is -3.98. The fraction of sp³-hybridized carbons (Fsp3) is 0.167. The molecule has 0 aliphatic heterocycles. The molecule has 0 spiro atoms. The van der Waals surface area contributed by atoms with Gasteiger partial charge in [0, 0.05) is 23.9 Å². The first-order chi connectivity index (χ1) is 14.9. The third-order valence-corrected chi connectivity index (χ3v) is 4.38. The molecule has 0 unspecified atom stereocenters. The molecule has 166 valence electrons. The van der Waals surface area contributed by atoms with Crippen molar-refractivity contribution in [3.63, 3.8) is 0 Å². The van der Waals surface area contributed by atoms with Gasteiger partial charge in [0.05, 0.1) is 32.7 Å². The van der Waals surface area contributed by atoms with Gasteiger partial charge in [-0.2, -0.15) is 23.0 Å². The predicted molar refractivity (Wildman–Crippen MR) is 104 cm³/mol. The number of aromatic nitrogens is 3. The lowest BCUT2D eigenvalue weighted by molar-refractivity contribution is -0.394. The lowest BCUT2D eigenvalue weighted by atomic mass is 10.0. The van der Waals surface area contributed by atoms with E-state index in [4.69, 9.17) is 0 Å². The Morgan fingerprint density at radius 1 is 1.09 bits per heavy atom. The van der Waals surface area contributed by atoms with Crippen molar-refractivity contribution in [1.82, 2.24) is 14.8 Å². The summed E-state index contributed by atoms with van der Waals surface area (Å²) in [5.41, 5.74) is -2.29.